The van der Waals surface area contributed by atoms with Crippen LogP contribution in [-0.4, -0.2) is 17.1 Å². The van der Waals surface area contributed by atoms with E-state index in [1.807, 2.05) is 0 Å². The molecule has 2 rings (SSSR count). The number of halogens is 3. The van der Waals surface area contributed by atoms with Crippen molar-refractivity contribution in [3.05, 3.63) is 29.3 Å². The van der Waals surface area contributed by atoms with E-state index in [-0.39, 0.29) is 17.4 Å². The van der Waals surface area contributed by atoms with Crippen molar-refractivity contribution in [3.63, 3.8) is 0 Å². The van der Waals surface area contributed by atoms with Gasteiger partial charge in [0.2, 0.25) is 0 Å². The highest BCUT2D eigenvalue weighted by molar-refractivity contribution is 5.99. The topological polar surface area (TPSA) is 67.8 Å². The average Bonchev–Trinajstić information content (AvgIpc) is 2.31. The number of nitrogens with two attached hydrogens (primary N) is 1. The second kappa shape index (κ2) is 4.99. The van der Waals surface area contributed by atoms with E-state index in [0.29, 0.717) is 0 Å². The highest BCUT2D eigenvalue weighted by Gasteiger charge is 2.32. The zero-order valence-electron chi connectivity index (χ0n) is 9.94. The zero-order valence-corrected chi connectivity index (χ0v) is 9.94. The first-order chi connectivity index (χ1) is 8.91. The predicted molar refractivity (Wildman–Crippen MR) is 62.2 cm³/mol. The Balaban J connectivity index is 2.36. The molecule has 7 heteroatoms. The van der Waals surface area contributed by atoms with Crippen molar-refractivity contribution in [2.24, 2.45) is 10.9 Å². The minimum absolute atomic E-state index is 0.0121. The van der Waals surface area contributed by atoms with Gasteiger partial charge in [-0.25, -0.2) is 0 Å². The fraction of sp³-hybridized carbons (Fsp3) is 0.417. The molecule has 1 aromatic rings. The summed E-state index contributed by atoms with van der Waals surface area (Å²) in [7, 11) is 0. The Hall–Kier alpha value is -1.92. The van der Waals surface area contributed by atoms with Gasteiger partial charge in [-0.3, -0.25) is 0 Å². The van der Waals surface area contributed by atoms with Gasteiger partial charge in [-0.15, -0.1) is 0 Å². The number of hydrogen-bond acceptors (Lipinski definition) is 3. The van der Waals surface area contributed by atoms with E-state index in [9.17, 15) is 13.2 Å². The predicted octanol–water partition coefficient (Wildman–Crippen LogP) is 2.73. The molecular weight excluding hydrogens is 261 g/mol. The van der Waals surface area contributed by atoms with Crippen LogP contribution in [0.5, 0.6) is 5.75 Å². The van der Waals surface area contributed by atoms with Crippen LogP contribution < -0.4 is 10.5 Å². The number of oxime groups is 1. The van der Waals surface area contributed by atoms with Crippen molar-refractivity contribution in [1.29, 1.82) is 0 Å². The lowest BCUT2D eigenvalue weighted by atomic mass is 9.96. The van der Waals surface area contributed by atoms with E-state index < -0.39 is 17.6 Å². The average molecular weight is 274 g/mol. The first-order valence-electron chi connectivity index (χ1n) is 5.77. The summed E-state index contributed by atoms with van der Waals surface area (Å²) in [6.07, 6.45) is -1.75. The summed E-state index contributed by atoms with van der Waals surface area (Å²) >= 11 is 0. The van der Waals surface area contributed by atoms with Crippen molar-refractivity contribution in [1.82, 2.24) is 0 Å². The van der Waals surface area contributed by atoms with Gasteiger partial charge in [0.25, 0.3) is 0 Å². The zero-order chi connectivity index (χ0) is 14.0. The van der Waals surface area contributed by atoms with Gasteiger partial charge < -0.3 is 15.7 Å². The van der Waals surface area contributed by atoms with Gasteiger partial charge in [0.05, 0.1) is 17.2 Å². The van der Waals surface area contributed by atoms with E-state index in [1.54, 1.807) is 0 Å². The number of nitrogens with zero attached hydrogens (tertiary/aromatic N) is 1. The quantitative estimate of drug-likeness (QED) is 0.385. The molecule has 1 aliphatic rings. The molecule has 0 amide bonds. The van der Waals surface area contributed by atoms with Crippen molar-refractivity contribution >= 4 is 5.84 Å². The highest BCUT2D eigenvalue weighted by atomic mass is 19.4. The summed E-state index contributed by atoms with van der Waals surface area (Å²) in [6, 6.07) is 2.94. The highest BCUT2D eigenvalue weighted by Crippen LogP contribution is 2.34. The molecule has 19 heavy (non-hydrogen) atoms. The Labute approximate surface area is 107 Å². The summed E-state index contributed by atoms with van der Waals surface area (Å²) in [5.74, 6) is -0.201. The van der Waals surface area contributed by atoms with Crippen molar-refractivity contribution in [3.8, 4) is 5.75 Å². The van der Waals surface area contributed by atoms with Gasteiger partial charge in [0.15, 0.2) is 5.84 Å². The summed E-state index contributed by atoms with van der Waals surface area (Å²) < 4.78 is 43.4. The Kier molecular flexibility index (Phi) is 3.55. The van der Waals surface area contributed by atoms with Crippen LogP contribution >= 0.6 is 0 Å². The van der Waals surface area contributed by atoms with Crippen LogP contribution in [0.25, 0.3) is 0 Å². The second-order valence-electron chi connectivity index (χ2n) is 4.36. The molecule has 0 bridgehead atoms. The molecule has 0 atom stereocenters. The first-order valence-corrected chi connectivity index (χ1v) is 5.77. The van der Waals surface area contributed by atoms with Gasteiger partial charge >= 0.3 is 6.18 Å². The third kappa shape index (κ3) is 2.91. The normalized spacial score (nSPS) is 17.1. The lowest BCUT2D eigenvalue weighted by molar-refractivity contribution is -0.137. The molecule has 0 radical (unpaired) electrons. The van der Waals surface area contributed by atoms with Crippen molar-refractivity contribution in [2.75, 3.05) is 0 Å². The van der Waals surface area contributed by atoms with Crippen LogP contribution in [-0.2, 0) is 6.18 Å². The van der Waals surface area contributed by atoms with E-state index >= 15 is 0 Å². The fourth-order valence-corrected chi connectivity index (χ4v) is 1.73. The minimum Gasteiger partial charge on any atom is -0.490 e. The molecule has 4 nitrogen and oxygen atoms in total. The fourth-order valence-electron chi connectivity index (χ4n) is 1.73. The number of alkyl halides is 3. The van der Waals surface area contributed by atoms with E-state index in [4.69, 9.17) is 15.7 Å². The maximum atomic E-state index is 12.6. The molecule has 104 valence electrons. The molecule has 1 fully saturated rings. The Morgan fingerprint density at radius 2 is 2.05 bits per heavy atom. The van der Waals surface area contributed by atoms with Crippen LogP contribution in [0.1, 0.15) is 30.4 Å². The van der Waals surface area contributed by atoms with Crippen molar-refractivity contribution < 1.29 is 23.1 Å². The molecule has 0 saturated heterocycles. The Bertz CT molecular complexity index is 496. The maximum Gasteiger partial charge on any atom is 0.416 e. The molecule has 1 aromatic carbocycles. The van der Waals surface area contributed by atoms with Gasteiger partial charge in [0, 0.05) is 0 Å². The molecule has 1 saturated carbocycles. The van der Waals surface area contributed by atoms with Gasteiger partial charge in [-0.05, 0) is 37.5 Å². The summed E-state index contributed by atoms with van der Waals surface area (Å²) in [6.45, 7) is 0. The minimum atomic E-state index is -4.49. The van der Waals surface area contributed by atoms with Crippen LogP contribution in [0.4, 0.5) is 13.2 Å². The summed E-state index contributed by atoms with van der Waals surface area (Å²) in [4.78, 5) is 0. The summed E-state index contributed by atoms with van der Waals surface area (Å²) in [5.41, 5.74) is 4.48. The third-order valence-electron chi connectivity index (χ3n) is 3.04. The SMILES string of the molecule is NC(=NO)c1cc(C(F)(F)F)ccc1OC1CCC1. The van der Waals surface area contributed by atoms with E-state index in [0.717, 1.165) is 31.4 Å². The number of hydrogen-bond donors (Lipinski definition) is 2. The molecule has 3 N–H and O–H groups in total. The van der Waals surface area contributed by atoms with E-state index in [2.05, 4.69) is 5.16 Å². The monoisotopic (exact) mass is 274 g/mol. The van der Waals surface area contributed by atoms with Crippen LogP contribution in [0.3, 0.4) is 0 Å². The van der Waals surface area contributed by atoms with Gasteiger partial charge in [0.1, 0.15) is 5.75 Å². The van der Waals surface area contributed by atoms with Crippen LogP contribution in [0.2, 0.25) is 0 Å². The number of benzene rings is 1. The maximum absolute atomic E-state index is 12.6. The van der Waals surface area contributed by atoms with Gasteiger partial charge in [-0.1, -0.05) is 5.16 Å². The van der Waals surface area contributed by atoms with E-state index in [1.165, 1.54) is 6.07 Å². The van der Waals surface area contributed by atoms with Crippen molar-refractivity contribution in [2.45, 2.75) is 31.5 Å². The largest absolute Gasteiger partial charge is 0.490 e. The molecule has 0 unspecified atom stereocenters. The molecule has 0 aromatic heterocycles. The van der Waals surface area contributed by atoms with Crippen LogP contribution in [0.15, 0.2) is 23.4 Å². The summed E-state index contributed by atoms with van der Waals surface area (Å²) in [5, 5.41) is 11.4. The third-order valence-corrected chi connectivity index (χ3v) is 3.04. The Morgan fingerprint density at radius 3 is 2.53 bits per heavy atom. The molecule has 0 heterocycles. The molecule has 1 aliphatic carbocycles. The molecular formula is C12H13F3N2O2. The number of rotatable bonds is 3. The Morgan fingerprint density at radius 1 is 1.37 bits per heavy atom. The first kappa shape index (κ1) is 13.5. The lowest BCUT2D eigenvalue weighted by Crippen LogP contribution is -2.26. The number of amidine groups is 1. The smallest absolute Gasteiger partial charge is 0.416 e. The standard InChI is InChI=1S/C12H13F3N2O2/c13-12(14,15)7-4-5-10(19-8-2-1-3-8)9(6-7)11(16)17-18/h4-6,8,18H,1-3H2,(H2,16,17). The number of ether oxygens (including phenoxy) is 1. The lowest BCUT2D eigenvalue weighted by Gasteiger charge is -2.27. The molecule has 0 aliphatic heterocycles. The second-order valence-corrected chi connectivity index (χ2v) is 4.36. The molecule has 0 spiro atoms. The van der Waals surface area contributed by atoms with Gasteiger partial charge in [-0.2, -0.15) is 13.2 Å². The van der Waals surface area contributed by atoms with Crippen LogP contribution in [0, 0.1) is 0 Å².